The number of nitrogens with one attached hydrogen (secondary N) is 2. The Morgan fingerprint density at radius 1 is 1.24 bits per heavy atom. The van der Waals surface area contributed by atoms with Crippen LogP contribution < -0.4 is 16.4 Å². The lowest BCUT2D eigenvalue weighted by Gasteiger charge is -2.28. The molecular formula is C20H24N4O5. The van der Waals surface area contributed by atoms with E-state index in [9.17, 15) is 24.0 Å². The lowest BCUT2D eigenvalue weighted by molar-refractivity contribution is -0.136. The Hall–Kier alpha value is -3.23. The van der Waals surface area contributed by atoms with E-state index in [1.54, 1.807) is 12.1 Å². The van der Waals surface area contributed by atoms with Gasteiger partial charge in [-0.2, -0.15) is 0 Å². The summed E-state index contributed by atoms with van der Waals surface area (Å²) in [6, 6.07) is 2.99. The molecule has 5 amide bonds. The zero-order valence-electron chi connectivity index (χ0n) is 16.2. The Labute approximate surface area is 168 Å². The number of unbranched alkanes of at least 4 members (excludes halogenated alkanes) is 2. The first-order valence-electron chi connectivity index (χ1n) is 9.75. The largest absolute Gasteiger partial charge is 0.373 e. The van der Waals surface area contributed by atoms with Gasteiger partial charge in [0.2, 0.25) is 17.7 Å². The van der Waals surface area contributed by atoms with Crippen molar-refractivity contribution in [1.82, 2.24) is 10.2 Å². The summed E-state index contributed by atoms with van der Waals surface area (Å²) in [6.45, 7) is 2.05. The average molecular weight is 400 g/mol. The van der Waals surface area contributed by atoms with Crippen molar-refractivity contribution >= 4 is 35.2 Å². The molecule has 9 heteroatoms. The van der Waals surface area contributed by atoms with Gasteiger partial charge in [-0.1, -0.05) is 32.3 Å². The van der Waals surface area contributed by atoms with Crippen LogP contribution in [0.4, 0.5) is 5.69 Å². The van der Waals surface area contributed by atoms with Gasteiger partial charge < -0.3 is 11.1 Å². The molecular weight excluding hydrogens is 376 g/mol. The maximum Gasteiger partial charge on any atom is 0.264 e. The summed E-state index contributed by atoms with van der Waals surface area (Å²) < 4.78 is 0. The second kappa shape index (κ2) is 8.42. The first kappa shape index (κ1) is 20.5. The maximum absolute atomic E-state index is 13.1. The highest BCUT2D eigenvalue weighted by Crippen LogP contribution is 2.32. The zero-order valence-corrected chi connectivity index (χ0v) is 16.2. The number of nitrogens with zero attached hydrogens (tertiary/aromatic N) is 1. The van der Waals surface area contributed by atoms with Gasteiger partial charge in [0, 0.05) is 12.1 Å². The van der Waals surface area contributed by atoms with E-state index < -0.39 is 41.6 Å². The third-order valence-corrected chi connectivity index (χ3v) is 5.24. The summed E-state index contributed by atoms with van der Waals surface area (Å²) in [5.41, 5.74) is 6.10. The van der Waals surface area contributed by atoms with Crippen molar-refractivity contribution < 1.29 is 24.0 Å². The number of imide groups is 2. The molecule has 2 atom stereocenters. The third kappa shape index (κ3) is 3.98. The first-order chi connectivity index (χ1) is 13.8. The monoisotopic (exact) mass is 400 g/mol. The van der Waals surface area contributed by atoms with Gasteiger partial charge in [0.05, 0.1) is 11.1 Å². The minimum Gasteiger partial charge on any atom is -0.373 e. The number of rotatable bonds is 8. The Balaban J connectivity index is 1.87. The molecule has 4 N–H and O–H groups in total. The molecule has 0 spiro atoms. The number of hydrogen-bond donors (Lipinski definition) is 3. The fraction of sp³-hybridized carbons (Fsp3) is 0.450. The number of nitrogens with two attached hydrogens (primary N) is 1. The standard InChI is InChI=1S/C20H24N4O5/c1-2-3-4-7-13(17(21)26)22-12-8-5-6-11-16(12)20(29)24(19(11)28)14-9-10-15(25)23-18(14)27/h5-6,8,13-14,22H,2-4,7,9-10H2,1H3,(H2,21,26)(H,23,25,27). The van der Waals surface area contributed by atoms with Gasteiger partial charge in [0.1, 0.15) is 12.1 Å². The molecule has 2 heterocycles. The van der Waals surface area contributed by atoms with E-state index in [-0.39, 0.29) is 24.0 Å². The SMILES string of the molecule is CCCCCC(Nc1cccc2c1C(=O)N(C1CCC(=O)NC1=O)C2=O)C(N)=O. The number of primary amides is 1. The van der Waals surface area contributed by atoms with Crippen molar-refractivity contribution in [2.45, 2.75) is 57.5 Å². The van der Waals surface area contributed by atoms with Gasteiger partial charge in [0.15, 0.2) is 0 Å². The Morgan fingerprint density at radius 2 is 2.00 bits per heavy atom. The van der Waals surface area contributed by atoms with Crippen LogP contribution in [0.3, 0.4) is 0 Å². The van der Waals surface area contributed by atoms with E-state index in [2.05, 4.69) is 10.6 Å². The van der Waals surface area contributed by atoms with Crippen LogP contribution in [0.2, 0.25) is 0 Å². The van der Waals surface area contributed by atoms with Gasteiger partial charge in [-0.15, -0.1) is 0 Å². The van der Waals surface area contributed by atoms with Crippen molar-refractivity contribution in [3.05, 3.63) is 29.3 Å². The van der Waals surface area contributed by atoms with Gasteiger partial charge in [-0.05, 0) is 25.0 Å². The fourth-order valence-electron chi connectivity index (χ4n) is 3.71. The normalized spacial score (nSPS) is 19.8. The van der Waals surface area contributed by atoms with Gasteiger partial charge in [-0.3, -0.25) is 34.2 Å². The van der Waals surface area contributed by atoms with E-state index in [0.29, 0.717) is 12.1 Å². The van der Waals surface area contributed by atoms with E-state index >= 15 is 0 Å². The number of benzene rings is 1. The molecule has 0 aliphatic carbocycles. The molecule has 2 unspecified atom stereocenters. The average Bonchev–Trinajstić information content (AvgIpc) is 2.93. The number of anilines is 1. The molecule has 1 aromatic rings. The second-order valence-electron chi connectivity index (χ2n) is 7.27. The number of amides is 5. The summed E-state index contributed by atoms with van der Waals surface area (Å²) in [6.07, 6.45) is 3.36. The van der Waals surface area contributed by atoms with Crippen LogP contribution in [0, 0.1) is 0 Å². The topological polar surface area (TPSA) is 139 Å². The molecule has 154 valence electrons. The Bertz CT molecular complexity index is 882. The summed E-state index contributed by atoms with van der Waals surface area (Å²) in [7, 11) is 0. The van der Waals surface area contributed by atoms with Gasteiger partial charge in [-0.25, -0.2) is 0 Å². The lowest BCUT2D eigenvalue weighted by atomic mass is 10.0. The van der Waals surface area contributed by atoms with Crippen LogP contribution in [-0.4, -0.2) is 46.5 Å². The van der Waals surface area contributed by atoms with E-state index in [1.165, 1.54) is 6.07 Å². The third-order valence-electron chi connectivity index (χ3n) is 5.24. The molecule has 9 nitrogen and oxygen atoms in total. The minimum atomic E-state index is -1.04. The van der Waals surface area contributed by atoms with Crippen LogP contribution in [0.5, 0.6) is 0 Å². The summed E-state index contributed by atoms with van der Waals surface area (Å²) in [4.78, 5) is 62.2. The molecule has 2 aliphatic rings. The van der Waals surface area contributed by atoms with E-state index in [4.69, 9.17) is 5.73 Å². The van der Waals surface area contributed by atoms with Gasteiger partial charge in [0.25, 0.3) is 11.8 Å². The van der Waals surface area contributed by atoms with Crippen molar-refractivity contribution in [1.29, 1.82) is 0 Å². The molecule has 1 aromatic carbocycles. The number of carbonyl (C=O) groups excluding carboxylic acids is 5. The maximum atomic E-state index is 13.1. The van der Waals surface area contributed by atoms with Crippen molar-refractivity contribution in [3.63, 3.8) is 0 Å². The smallest absolute Gasteiger partial charge is 0.264 e. The summed E-state index contributed by atoms with van der Waals surface area (Å²) >= 11 is 0. The Kier molecular flexibility index (Phi) is 5.95. The fourth-order valence-corrected chi connectivity index (χ4v) is 3.71. The molecule has 3 rings (SSSR count). The van der Waals surface area contributed by atoms with Crippen LogP contribution >= 0.6 is 0 Å². The minimum absolute atomic E-state index is 0.0517. The molecule has 29 heavy (non-hydrogen) atoms. The van der Waals surface area contributed by atoms with Crippen molar-refractivity contribution in [3.8, 4) is 0 Å². The predicted octanol–water partition coefficient (Wildman–Crippen LogP) is 0.934. The van der Waals surface area contributed by atoms with E-state index in [0.717, 1.165) is 24.2 Å². The number of hydrogen-bond acceptors (Lipinski definition) is 6. The molecule has 1 fully saturated rings. The molecule has 2 aliphatic heterocycles. The highest BCUT2D eigenvalue weighted by molar-refractivity contribution is 6.25. The molecule has 0 aromatic heterocycles. The van der Waals surface area contributed by atoms with Crippen LogP contribution in [0.25, 0.3) is 0 Å². The zero-order chi connectivity index (χ0) is 21.1. The van der Waals surface area contributed by atoms with Gasteiger partial charge >= 0.3 is 0 Å². The number of piperidine rings is 1. The summed E-state index contributed by atoms with van der Waals surface area (Å²) in [5, 5.41) is 5.17. The molecule has 0 bridgehead atoms. The summed E-state index contributed by atoms with van der Waals surface area (Å²) in [5.74, 6) is -2.86. The second-order valence-corrected chi connectivity index (χ2v) is 7.27. The highest BCUT2D eigenvalue weighted by atomic mass is 16.2. The van der Waals surface area contributed by atoms with Crippen LogP contribution in [0.1, 0.15) is 66.2 Å². The van der Waals surface area contributed by atoms with Crippen molar-refractivity contribution in [2.75, 3.05) is 5.32 Å². The number of fused-ring (bicyclic) bond motifs is 1. The lowest BCUT2D eigenvalue weighted by Crippen LogP contribution is -2.54. The molecule has 0 radical (unpaired) electrons. The first-order valence-corrected chi connectivity index (χ1v) is 9.75. The molecule has 1 saturated heterocycles. The highest BCUT2D eigenvalue weighted by Gasteiger charge is 2.45. The predicted molar refractivity (Wildman–Crippen MR) is 104 cm³/mol. The van der Waals surface area contributed by atoms with Crippen LogP contribution in [-0.2, 0) is 14.4 Å². The van der Waals surface area contributed by atoms with E-state index in [1.807, 2.05) is 6.92 Å². The molecule has 0 saturated carbocycles. The quantitative estimate of drug-likeness (QED) is 0.438. The number of carbonyl (C=O) groups is 5. The van der Waals surface area contributed by atoms with Crippen molar-refractivity contribution in [2.24, 2.45) is 5.73 Å². The van der Waals surface area contributed by atoms with Crippen LogP contribution in [0.15, 0.2) is 18.2 Å². The Morgan fingerprint density at radius 3 is 2.66 bits per heavy atom.